The van der Waals surface area contributed by atoms with Crippen LogP contribution in [0.15, 0.2) is 42.5 Å². The first-order chi connectivity index (χ1) is 14.0. The molecule has 2 aliphatic heterocycles. The summed E-state index contributed by atoms with van der Waals surface area (Å²) >= 11 is 0. The summed E-state index contributed by atoms with van der Waals surface area (Å²) < 4.78 is 29.7. The van der Waals surface area contributed by atoms with E-state index in [1.165, 1.54) is 12.1 Å². The minimum absolute atomic E-state index is 0.0940. The number of ether oxygens (including phenoxy) is 3. The largest absolute Gasteiger partial charge is 0.490 e. The molecule has 0 bridgehead atoms. The molecule has 2 atom stereocenters. The molecule has 7 nitrogen and oxygen atoms in total. The number of hydrogen-bond acceptors (Lipinski definition) is 5. The van der Waals surface area contributed by atoms with Crippen LogP contribution in [0.25, 0.3) is 0 Å². The topological polar surface area (TPSA) is 91.1 Å². The molecule has 0 aliphatic carbocycles. The van der Waals surface area contributed by atoms with Crippen molar-refractivity contribution in [2.75, 3.05) is 19.9 Å². The van der Waals surface area contributed by atoms with Crippen LogP contribution in [0.4, 0.5) is 4.39 Å². The Labute approximate surface area is 167 Å². The number of hydrogen-bond donors (Lipinski definition) is 1. The van der Waals surface area contributed by atoms with Gasteiger partial charge in [-0.1, -0.05) is 0 Å². The second-order valence-electron chi connectivity index (χ2n) is 7.15. The van der Waals surface area contributed by atoms with E-state index in [0.717, 1.165) is 0 Å². The molecule has 2 heterocycles. The smallest absolute Gasteiger partial charge is 0.254 e. The number of halogens is 1. The Bertz CT molecular complexity index is 918. The molecule has 0 aromatic heterocycles. The molecular formula is C21H21FN2O5. The second-order valence-corrected chi connectivity index (χ2v) is 7.15. The summed E-state index contributed by atoms with van der Waals surface area (Å²) in [7, 11) is 0. The Morgan fingerprint density at radius 2 is 1.90 bits per heavy atom. The third-order valence-electron chi connectivity index (χ3n) is 5.14. The Balaban J connectivity index is 1.47. The molecule has 0 spiro atoms. The molecule has 4 rings (SSSR count). The van der Waals surface area contributed by atoms with Crippen molar-refractivity contribution in [1.82, 2.24) is 4.90 Å². The summed E-state index contributed by atoms with van der Waals surface area (Å²) in [4.78, 5) is 26.2. The van der Waals surface area contributed by atoms with Crippen LogP contribution >= 0.6 is 0 Å². The van der Waals surface area contributed by atoms with E-state index < -0.39 is 5.91 Å². The average Bonchev–Trinajstić information content (AvgIpc) is 3.18. The Morgan fingerprint density at radius 3 is 2.66 bits per heavy atom. The monoisotopic (exact) mass is 400 g/mol. The molecule has 2 aromatic rings. The van der Waals surface area contributed by atoms with Gasteiger partial charge in [-0.2, -0.15) is 0 Å². The first-order valence-electron chi connectivity index (χ1n) is 9.39. The van der Waals surface area contributed by atoms with Crippen LogP contribution in [0.5, 0.6) is 17.2 Å². The van der Waals surface area contributed by atoms with Gasteiger partial charge in [0.25, 0.3) is 5.91 Å². The summed E-state index contributed by atoms with van der Waals surface area (Å²) in [6.45, 7) is 0.941. The molecular weight excluding hydrogens is 379 g/mol. The van der Waals surface area contributed by atoms with Crippen molar-refractivity contribution in [3.05, 3.63) is 53.8 Å². The van der Waals surface area contributed by atoms with Crippen molar-refractivity contribution >= 4 is 11.8 Å². The van der Waals surface area contributed by atoms with Gasteiger partial charge in [0, 0.05) is 37.4 Å². The van der Waals surface area contributed by atoms with Crippen LogP contribution in [-0.2, 0) is 4.79 Å². The number of nitrogens with two attached hydrogens (primary N) is 1. The predicted molar refractivity (Wildman–Crippen MR) is 101 cm³/mol. The zero-order chi connectivity index (χ0) is 20.4. The molecule has 152 valence electrons. The highest BCUT2D eigenvalue weighted by molar-refractivity contribution is 5.95. The minimum Gasteiger partial charge on any atom is -0.490 e. The van der Waals surface area contributed by atoms with Gasteiger partial charge in [0.1, 0.15) is 17.7 Å². The SMILES string of the molecule is NC(=O)C[C@H]1CN(C(=O)c2ccc3c(c2)OCO3)CC[C@@H]1Oc1ccc(F)cc1. The van der Waals surface area contributed by atoms with Crippen molar-refractivity contribution in [3.8, 4) is 17.2 Å². The number of nitrogens with zero attached hydrogens (tertiary/aromatic N) is 1. The number of likely N-dealkylation sites (tertiary alicyclic amines) is 1. The van der Waals surface area contributed by atoms with Gasteiger partial charge in [0.2, 0.25) is 12.7 Å². The standard InChI is InChI=1S/C21H21FN2O5/c22-15-2-4-16(5-3-15)29-17-7-8-24(11-14(17)10-20(23)25)21(26)13-1-6-18-19(9-13)28-12-27-18/h1-6,9,14,17H,7-8,10-12H2,(H2,23,25)/t14-,17-/m0/s1. The number of carbonyl (C=O) groups is 2. The molecule has 0 radical (unpaired) electrons. The van der Waals surface area contributed by atoms with E-state index in [2.05, 4.69) is 0 Å². The van der Waals surface area contributed by atoms with Gasteiger partial charge >= 0.3 is 0 Å². The maximum atomic E-state index is 13.1. The van der Waals surface area contributed by atoms with Crippen molar-refractivity contribution < 1.29 is 28.2 Å². The van der Waals surface area contributed by atoms with Gasteiger partial charge in [0.05, 0.1) is 0 Å². The molecule has 2 aliphatic rings. The fourth-order valence-electron chi connectivity index (χ4n) is 3.70. The van der Waals surface area contributed by atoms with Gasteiger partial charge in [-0.3, -0.25) is 9.59 Å². The molecule has 1 fully saturated rings. The normalized spacial score (nSPS) is 20.4. The van der Waals surface area contributed by atoms with E-state index in [1.54, 1.807) is 35.2 Å². The van der Waals surface area contributed by atoms with Crippen molar-refractivity contribution in [1.29, 1.82) is 0 Å². The molecule has 2 aromatic carbocycles. The number of amides is 2. The molecule has 0 unspecified atom stereocenters. The predicted octanol–water partition coefficient (Wildman–Crippen LogP) is 2.34. The van der Waals surface area contributed by atoms with E-state index in [4.69, 9.17) is 19.9 Å². The van der Waals surface area contributed by atoms with E-state index >= 15 is 0 Å². The number of benzene rings is 2. The maximum Gasteiger partial charge on any atom is 0.254 e. The molecule has 1 saturated heterocycles. The van der Waals surface area contributed by atoms with Crippen LogP contribution < -0.4 is 19.9 Å². The molecule has 0 saturated carbocycles. The Kier molecular flexibility index (Phi) is 5.24. The first kappa shape index (κ1) is 19.0. The number of carbonyl (C=O) groups excluding carboxylic acids is 2. The second kappa shape index (κ2) is 7.98. The number of primary amides is 1. The average molecular weight is 400 g/mol. The van der Waals surface area contributed by atoms with Crippen LogP contribution in [0.3, 0.4) is 0 Å². The number of piperidine rings is 1. The van der Waals surface area contributed by atoms with E-state index in [-0.39, 0.29) is 37.0 Å². The van der Waals surface area contributed by atoms with Crippen LogP contribution in [0, 0.1) is 11.7 Å². The lowest BCUT2D eigenvalue weighted by atomic mass is 9.90. The van der Waals surface area contributed by atoms with Crippen molar-refractivity contribution in [2.45, 2.75) is 18.9 Å². The zero-order valence-electron chi connectivity index (χ0n) is 15.7. The van der Waals surface area contributed by atoms with E-state index in [1.807, 2.05) is 0 Å². The summed E-state index contributed by atoms with van der Waals surface area (Å²) in [5.74, 6) is 0.442. The third kappa shape index (κ3) is 4.26. The van der Waals surface area contributed by atoms with Crippen LogP contribution in [-0.4, -0.2) is 42.7 Å². The summed E-state index contributed by atoms with van der Waals surface area (Å²) in [6.07, 6.45) is 0.330. The lowest BCUT2D eigenvalue weighted by Crippen LogP contribution is -2.49. The molecule has 2 N–H and O–H groups in total. The molecule has 2 amide bonds. The third-order valence-corrected chi connectivity index (χ3v) is 5.14. The Hall–Kier alpha value is -3.29. The van der Waals surface area contributed by atoms with E-state index in [0.29, 0.717) is 42.3 Å². The van der Waals surface area contributed by atoms with Crippen molar-refractivity contribution in [2.24, 2.45) is 11.7 Å². The van der Waals surface area contributed by atoms with Crippen LogP contribution in [0.1, 0.15) is 23.2 Å². The lowest BCUT2D eigenvalue weighted by molar-refractivity contribution is -0.120. The number of rotatable bonds is 5. The highest BCUT2D eigenvalue weighted by atomic mass is 19.1. The van der Waals surface area contributed by atoms with Gasteiger partial charge in [-0.25, -0.2) is 4.39 Å². The quantitative estimate of drug-likeness (QED) is 0.832. The van der Waals surface area contributed by atoms with Gasteiger partial charge in [-0.05, 0) is 42.5 Å². The molecule has 8 heteroatoms. The minimum atomic E-state index is -0.458. The van der Waals surface area contributed by atoms with Gasteiger partial charge < -0.3 is 24.8 Å². The molecule has 29 heavy (non-hydrogen) atoms. The zero-order valence-corrected chi connectivity index (χ0v) is 15.7. The Morgan fingerprint density at radius 1 is 1.14 bits per heavy atom. The summed E-state index contributed by atoms with van der Waals surface area (Å²) in [5.41, 5.74) is 5.91. The van der Waals surface area contributed by atoms with Gasteiger partial charge in [-0.15, -0.1) is 0 Å². The lowest BCUT2D eigenvalue weighted by Gasteiger charge is -2.38. The number of fused-ring (bicyclic) bond motifs is 1. The van der Waals surface area contributed by atoms with E-state index in [9.17, 15) is 14.0 Å². The van der Waals surface area contributed by atoms with Crippen LogP contribution in [0.2, 0.25) is 0 Å². The first-order valence-corrected chi connectivity index (χ1v) is 9.39. The highest BCUT2D eigenvalue weighted by Crippen LogP contribution is 2.33. The summed E-state index contributed by atoms with van der Waals surface area (Å²) in [6, 6.07) is 10.8. The maximum absolute atomic E-state index is 13.1. The highest BCUT2D eigenvalue weighted by Gasteiger charge is 2.34. The fraction of sp³-hybridized carbons (Fsp3) is 0.333. The summed E-state index contributed by atoms with van der Waals surface area (Å²) in [5, 5.41) is 0. The fourth-order valence-corrected chi connectivity index (χ4v) is 3.70. The van der Waals surface area contributed by atoms with Gasteiger partial charge in [0.15, 0.2) is 11.5 Å². The van der Waals surface area contributed by atoms with Crippen molar-refractivity contribution in [3.63, 3.8) is 0 Å².